The summed E-state index contributed by atoms with van der Waals surface area (Å²) in [5, 5.41) is 5.05. The van der Waals surface area contributed by atoms with Crippen LogP contribution in [0.15, 0.2) is 71.8 Å². The van der Waals surface area contributed by atoms with Gasteiger partial charge in [-0.3, -0.25) is 5.43 Å². The molecule has 0 aliphatic carbocycles. The van der Waals surface area contributed by atoms with Crippen molar-refractivity contribution in [3.05, 3.63) is 93.5 Å². The van der Waals surface area contributed by atoms with Crippen molar-refractivity contribution in [2.45, 2.75) is 12.8 Å². The highest BCUT2D eigenvalue weighted by Crippen LogP contribution is 2.30. The maximum absolute atomic E-state index is 12.7. The Morgan fingerprint density at radius 2 is 1.76 bits per heavy atom. The molecule has 8 heteroatoms. The highest BCUT2D eigenvalue weighted by molar-refractivity contribution is 6.35. The molecule has 0 aliphatic rings. The van der Waals surface area contributed by atoms with Crippen molar-refractivity contribution in [3.63, 3.8) is 0 Å². The van der Waals surface area contributed by atoms with E-state index in [-0.39, 0.29) is 12.3 Å². The third-order valence-electron chi connectivity index (χ3n) is 3.86. The molecule has 3 aromatic carbocycles. The van der Waals surface area contributed by atoms with E-state index in [9.17, 15) is 13.2 Å². The van der Waals surface area contributed by atoms with Gasteiger partial charge in [-0.25, -0.2) is 0 Å². The van der Waals surface area contributed by atoms with Crippen molar-refractivity contribution in [1.29, 1.82) is 0 Å². The Bertz CT molecular complexity index is 1020. The topological polar surface area (TPSA) is 33.6 Å². The lowest BCUT2D eigenvalue weighted by molar-refractivity contribution is -0.137. The van der Waals surface area contributed by atoms with Gasteiger partial charge in [0.05, 0.1) is 17.5 Å². The van der Waals surface area contributed by atoms with Gasteiger partial charge in [0.1, 0.15) is 12.4 Å². The van der Waals surface area contributed by atoms with Gasteiger partial charge < -0.3 is 4.74 Å². The van der Waals surface area contributed by atoms with Crippen LogP contribution in [0, 0.1) is 0 Å². The molecule has 0 spiro atoms. The number of benzene rings is 3. The van der Waals surface area contributed by atoms with Crippen molar-refractivity contribution in [1.82, 2.24) is 0 Å². The van der Waals surface area contributed by atoms with Crippen LogP contribution in [0.3, 0.4) is 0 Å². The fraction of sp³-hybridized carbons (Fsp3) is 0.0952. The molecule has 0 aliphatic heterocycles. The van der Waals surface area contributed by atoms with E-state index in [1.807, 2.05) is 0 Å². The van der Waals surface area contributed by atoms with Crippen LogP contribution < -0.4 is 10.2 Å². The molecule has 0 saturated heterocycles. The molecule has 3 aromatic rings. The molecule has 0 atom stereocenters. The number of halogens is 5. The lowest BCUT2D eigenvalue weighted by atomic mass is 10.2. The second-order valence-electron chi connectivity index (χ2n) is 6.05. The summed E-state index contributed by atoms with van der Waals surface area (Å²) in [6, 6.07) is 17.1. The number of anilines is 1. The van der Waals surface area contributed by atoms with Gasteiger partial charge in [-0.05, 0) is 48.0 Å². The minimum absolute atomic E-state index is 0.237. The largest absolute Gasteiger partial charge is 0.489 e. The molecule has 0 amide bonds. The van der Waals surface area contributed by atoms with E-state index in [0.717, 1.165) is 17.7 Å². The Hall–Kier alpha value is -2.70. The van der Waals surface area contributed by atoms with E-state index in [1.165, 1.54) is 18.3 Å². The zero-order chi connectivity index (χ0) is 20.9. The van der Waals surface area contributed by atoms with Gasteiger partial charge >= 0.3 is 6.18 Å². The second kappa shape index (κ2) is 9.20. The highest BCUT2D eigenvalue weighted by Gasteiger charge is 2.30. The van der Waals surface area contributed by atoms with Crippen LogP contribution in [-0.2, 0) is 12.8 Å². The molecule has 1 N–H and O–H groups in total. The van der Waals surface area contributed by atoms with E-state index >= 15 is 0 Å². The standard InChI is InChI=1S/C21H15Cl2F3N2O/c22-17-8-7-15(20(23)11-17)13-29-19-6-1-3-14(9-19)12-27-28-18-5-2-4-16(10-18)21(24,25)26/h1-12,28H,13H2. The van der Waals surface area contributed by atoms with Crippen molar-refractivity contribution in [2.24, 2.45) is 5.10 Å². The molecule has 3 nitrogen and oxygen atoms in total. The van der Waals surface area contributed by atoms with Crippen LogP contribution >= 0.6 is 23.2 Å². The first-order valence-electron chi connectivity index (χ1n) is 8.44. The Balaban J connectivity index is 1.62. The Labute approximate surface area is 175 Å². The van der Waals surface area contributed by atoms with Crippen LogP contribution in [-0.4, -0.2) is 6.21 Å². The Morgan fingerprint density at radius 1 is 0.966 bits per heavy atom. The first-order valence-corrected chi connectivity index (χ1v) is 9.20. The van der Waals surface area contributed by atoms with Gasteiger partial charge in [0, 0.05) is 15.6 Å². The van der Waals surface area contributed by atoms with Crippen molar-refractivity contribution in [3.8, 4) is 5.75 Å². The summed E-state index contributed by atoms with van der Waals surface area (Å²) >= 11 is 12.0. The van der Waals surface area contributed by atoms with Crippen molar-refractivity contribution < 1.29 is 17.9 Å². The Kier molecular flexibility index (Phi) is 6.67. The number of hydrogen-bond donors (Lipinski definition) is 1. The molecule has 0 heterocycles. The SMILES string of the molecule is FC(F)(F)c1cccc(NN=Cc2cccc(OCc3ccc(Cl)cc3Cl)c2)c1. The molecular formula is C21H15Cl2F3N2O. The monoisotopic (exact) mass is 438 g/mol. The van der Waals surface area contributed by atoms with Crippen LogP contribution in [0.1, 0.15) is 16.7 Å². The molecule has 3 rings (SSSR count). The smallest absolute Gasteiger partial charge is 0.416 e. The quantitative estimate of drug-likeness (QED) is 0.330. The number of hydrazone groups is 1. The summed E-state index contributed by atoms with van der Waals surface area (Å²) in [7, 11) is 0. The van der Waals surface area contributed by atoms with Crippen LogP contribution in [0.25, 0.3) is 0 Å². The summed E-state index contributed by atoms with van der Waals surface area (Å²) in [6.45, 7) is 0.263. The van der Waals surface area contributed by atoms with Crippen molar-refractivity contribution in [2.75, 3.05) is 5.43 Å². The van der Waals surface area contributed by atoms with Gasteiger partial charge in [-0.2, -0.15) is 18.3 Å². The average molecular weight is 439 g/mol. The molecule has 150 valence electrons. The lowest BCUT2D eigenvalue weighted by Gasteiger charge is -2.09. The molecular weight excluding hydrogens is 424 g/mol. The number of nitrogens with one attached hydrogen (secondary N) is 1. The Morgan fingerprint density at radius 3 is 2.52 bits per heavy atom. The number of ether oxygens (including phenoxy) is 1. The molecule has 0 radical (unpaired) electrons. The van der Waals surface area contributed by atoms with Crippen LogP contribution in [0.2, 0.25) is 10.0 Å². The predicted molar refractivity (Wildman–Crippen MR) is 110 cm³/mol. The third kappa shape index (κ3) is 6.14. The van der Waals surface area contributed by atoms with Gasteiger partial charge in [-0.1, -0.05) is 47.5 Å². The lowest BCUT2D eigenvalue weighted by Crippen LogP contribution is -2.05. The number of hydrogen-bond acceptors (Lipinski definition) is 3. The average Bonchev–Trinajstić information content (AvgIpc) is 2.67. The van der Waals surface area contributed by atoms with Gasteiger partial charge in [0.25, 0.3) is 0 Å². The van der Waals surface area contributed by atoms with Gasteiger partial charge in [-0.15, -0.1) is 0 Å². The fourth-order valence-corrected chi connectivity index (χ4v) is 2.89. The summed E-state index contributed by atoms with van der Waals surface area (Å²) in [5.74, 6) is 0.596. The predicted octanol–water partition coefficient (Wildman–Crippen LogP) is 7.04. The third-order valence-corrected chi connectivity index (χ3v) is 4.45. The molecule has 29 heavy (non-hydrogen) atoms. The molecule has 0 fully saturated rings. The number of nitrogens with zero attached hydrogens (tertiary/aromatic N) is 1. The normalized spacial score (nSPS) is 11.6. The van der Waals surface area contributed by atoms with E-state index in [0.29, 0.717) is 21.4 Å². The van der Waals surface area contributed by atoms with Gasteiger partial charge in [0.15, 0.2) is 0 Å². The van der Waals surface area contributed by atoms with Crippen LogP contribution in [0.5, 0.6) is 5.75 Å². The minimum Gasteiger partial charge on any atom is -0.489 e. The minimum atomic E-state index is -4.40. The first-order chi connectivity index (χ1) is 13.8. The maximum atomic E-state index is 12.7. The van der Waals surface area contributed by atoms with E-state index in [2.05, 4.69) is 10.5 Å². The highest BCUT2D eigenvalue weighted by atomic mass is 35.5. The molecule has 0 unspecified atom stereocenters. The molecule has 0 bridgehead atoms. The summed E-state index contributed by atoms with van der Waals surface area (Å²) in [5.41, 5.74) is 3.59. The van der Waals surface area contributed by atoms with E-state index in [1.54, 1.807) is 42.5 Å². The van der Waals surface area contributed by atoms with Gasteiger partial charge in [0.2, 0.25) is 0 Å². The van der Waals surface area contributed by atoms with Crippen LogP contribution in [0.4, 0.5) is 18.9 Å². The fourth-order valence-electron chi connectivity index (χ4n) is 2.43. The summed E-state index contributed by atoms with van der Waals surface area (Å²) in [4.78, 5) is 0. The second-order valence-corrected chi connectivity index (χ2v) is 6.89. The van der Waals surface area contributed by atoms with E-state index < -0.39 is 11.7 Å². The zero-order valence-corrected chi connectivity index (χ0v) is 16.4. The zero-order valence-electron chi connectivity index (χ0n) is 14.9. The first kappa shape index (κ1) is 21.0. The molecule has 0 aromatic heterocycles. The van der Waals surface area contributed by atoms with Crippen molar-refractivity contribution >= 4 is 35.1 Å². The summed E-state index contributed by atoms with van der Waals surface area (Å²) < 4.78 is 44.0. The number of rotatable bonds is 6. The molecule has 0 saturated carbocycles. The summed E-state index contributed by atoms with van der Waals surface area (Å²) in [6.07, 6.45) is -2.91. The number of alkyl halides is 3. The maximum Gasteiger partial charge on any atom is 0.416 e. The van der Waals surface area contributed by atoms with E-state index in [4.69, 9.17) is 27.9 Å².